The molecule has 2 aromatic carbocycles. The van der Waals surface area contributed by atoms with E-state index >= 15 is 0 Å². The van der Waals surface area contributed by atoms with Crippen molar-refractivity contribution in [1.82, 2.24) is 9.78 Å². The lowest BCUT2D eigenvalue weighted by Crippen LogP contribution is -2.21. The molecule has 3 aromatic rings. The van der Waals surface area contributed by atoms with Crippen molar-refractivity contribution >= 4 is 10.8 Å². The van der Waals surface area contributed by atoms with Gasteiger partial charge in [-0.15, -0.1) is 0 Å². The smallest absolute Gasteiger partial charge is 0.205 e. The molecule has 24 heavy (non-hydrogen) atoms. The molecule has 4 rings (SSSR count). The summed E-state index contributed by atoms with van der Waals surface area (Å²) >= 11 is 0. The van der Waals surface area contributed by atoms with Gasteiger partial charge in [-0.25, -0.2) is 0 Å². The van der Waals surface area contributed by atoms with Gasteiger partial charge < -0.3 is 10.5 Å². The Morgan fingerprint density at radius 2 is 2.12 bits per heavy atom. The van der Waals surface area contributed by atoms with E-state index in [0.717, 1.165) is 28.4 Å². The minimum atomic E-state index is -0.273. The van der Waals surface area contributed by atoms with Crippen LogP contribution in [0.2, 0.25) is 0 Å². The summed E-state index contributed by atoms with van der Waals surface area (Å²) in [5, 5.41) is 16.2. The number of nitrogens with two attached hydrogens (primary N) is 1. The first kappa shape index (κ1) is 14.3. The number of hydrogen-bond donors (Lipinski definition) is 1. The summed E-state index contributed by atoms with van der Waals surface area (Å²) in [6.07, 6.45) is 3.77. The van der Waals surface area contributed by atoms with Crippen LogP contribution >= 0.6 is 0 Å². The number of fused-ring (bicyclic) bond motifs is 3. The first-order valence-corrected chi connectivity index (χ1v) is 7.84. The average molecular weight is 316 g/mol. The molecule has 1 aromatic heterocycles. The van der Waals surface area contributed by atoms with E-state index in [9.17, 15) is 5.26 Å². The van der Waals surface area contributed by atoms with Gasteiger partial charge in [0.1, 0.15) is 17.4 Å². The van der Waals surface area contributed by atoms with E-state index in [1.165, 1.54) is 0 Å². The van der Waals surface area contributed by atoms with Gasteiger partial charge in [-0.3, -0.25) is 4.68 Å². The summed E-state index contributed by atoms with van der Waals surface area (Å²) in [5.41, 5.74) is 8.36. The van der Waals surface area contributed by atoms with Crippen molar-refractivity contribution in [2.24, 2.45) is 5.73 Å². The number of ether oxygens (including phenoxy) is 1. The van der Waals surface area contributed by atoms with Crippen LogP contribution in [-0.4, -0.2) is 9.78 Å². The largest absolute Gasteiger partial charge is 0.440 e. The van der Waals surface area contributed by atoms with Gasteiger partial charge in [-0.2, -0.15) is 10.4 Å². The molecule has 2 N–H and O–H groups in total. The van der Waals surface area contributed by atoms with Crippen LogP contribution in [0.4, 0.5) is 0 Å². The maximum atomic E-state index is 9.66. The lowest BCUT2D eigenvalue weighted by Gasteiger charge is -2.26. The zero-order chi connectivity index (χ0) is 16.7. The Morgan fingerprint density at radius 1 is 1.29 bits per heavy atom. The molecule has 5 nitrogen and oxygen atoms in total. The average Bonchev–Trinajstić information content (AvgIpc) is 3.09. The monoisotopic (exact) mass is 316 g/mol. The molecule has 0 bridgehead atoms. The topological polar surface area (TPSA) is 76.9 Å². The summed E-state index contributed by atoms with van der Waals surface area (Å²) in [4.78, 5) is 0. The predicted molar refractivity (Wildman–Crippen MR) is 91.1 cm³/mol. The molecule has 5 heteroatoms. The zero-order valence-electron chi connectivity index (χ0n) is 13.2. The van der Waals surface area contributed by atoms with Crippen LogP contribution < -0.4 is 10.5 Å². The van der Waals surface area contributed by atoms with Crippen LogP contribution in [0.25, 0.3) is 10.8 Å². The second kappa shape index (κ2) is 5.43. The fraction of sp³-hybridized carbons (Fsp3) is 0.158. The van der Waals surface area contributed by atoms with E-state index in [-0.39, 0.29) is 11.8 Å². The molecule has 1 atom stereocenters. The van der Waals surface area contributed by atoms with Gasteiger partial charge in [-0.05, 0) is 23.8 Å². The molecular weight excluding hydrogens is 300 g/mol. The molecule has 1 aliphatic rings. The number of benzene rings is 2. The summed E-state index contributed by atoms with van der Waals surface area (Å²) in [5.74, 6) is 0.583. The highest BCUT2D eigenvalue weighted by Gasteiger charge is 2.32. The number of aromatic nitrogens is 2. The first-order chi connectivity index (χ1) is 11.7. The van der Waals surface area contributed by atoms with Crippen LogP contribution in [0.1, 0.15) is 24.0 Å². The van der Waals surface area contributed by atoms with E-state index in [1.54, 1.807) is 6.20 Å². The summed E-state index contributed by atoms with van der Waals surface area (Å²) in [7, 11) is 0. The summed E-state index contributed by atoms with van der Waals surface area (Å²) < 4.78 is 7.58. The van der Waals surface area contributed by atoms with Crippen LogP contribution in [0, 0.1) is 11.3 Å². The van der Waals surface area contributed by atoms with E-state index in [0.29, 0.717) is 11.3 Å². The number of hydrogen-bond acceptors (Lipinski definition) is 4. The van der Waals surface area contributed by atoms with Crippen molar-refractivity contribution in [2.75, 3.05) is 0 Å². The minimum Gasteiger partial charge on any atom is -0.440 e. The van der Waals surface area contributed by atoms with Crippen molar-refractivity contribution in [3.63, 3.8) is 0 Å². The number of rotatable bonds is 2. The second-order valence-electron chi connectivity index (χ2n) is 5.75. The number of nitriles is 1. The van der Waals surface area contributed by atoms with Gasteiger partial charge in [0, 0.05) is 23.9 Å². The second-order valence-corrected chi connectivity index (χ2v) is 5.75. The Hall–Kier alpha value is -3.26. The third-order valence-electron chi connectivity index (χ3n) is 4.42. The molecular formula is C19H16N4O. The molecule has 0 spiro atoms. The standard InChI is InChI=1S/C19H16N4O/c1-2-23-11-13(10-22-23)17-15(9-20)19(21)24-16-8-7-12-5-3-4-6-14(12)18(16)17/h3-8,10-11,17H,2,21H2,1H3. The Morgan fingerprint density at radius 3 is 2.88 bits per heavy atom. The van der Waals surface area contributed by atoms with Gasteiger partial charge in [0.05, 0.1) is 12.1 Å². The van der Waals surface area contributed by atoms with Gasteiger partial charge in [0.25, 0.3) is 0 Å². The summed E-state index contributed by atoms with van der Waals surface area (Å²) in [6.45, 7) is 2.80. The number of aryl methyl sites for hydroxylation is 1. The highest BCUT2D eigenvalue weighted by Crippen LogP contribution is 2.45. The van der Waals surface area contributed by atoms with Crippen molar-refractivity contribution in [3.8, 4) is 11.8 Å². The highest BCUT2D eigenvalue weighted by molar-refractivity contribution is 5.90. The Kier molecular flexibility index (Phi) is 3.24. The maximum absolute atomic E-state index is 9.66. The van der Waals surface area contributed by atoms with Gasteiger partial charge in [-0.1, -0.05) is 30.3 Å². The molecule has 1 unspecified atom stereocenters. The molecule has 0 amide bonds. The first-order valence-electron chi connectivity index (χ1n) is 7.84. The lowest BCUT2D eigenvalue weighted by molar-refractivity contribution is 0.395. The van der Waals surface area contributed by atoms with E-state index < -0.39 is 0 Å². The molecule has 2 heterocycles. The Bertz CT molecular complexity index is 1010. The predicted octanol–water partition coefficient (Wildman–Crippen LogP) is 3.27. The zero-order valence-corrected chi connectivity index (χ0v) is 13.2. The van der Waals surface area contributed by atoms with E-state index in [1.807, 2.05) is 48.1 Å². The SMILES string of the molecule is CCn1cc(C2C(C#N)=C(N)Oc3ccc4ccccc4c32)cn1. The Labute approximate surface area is 139 Å². The third-order valence-corrected chi connectivity index (χ3v) is 4.42. The molecule has 0 aliphatic carbocycles. The van der Waals surface area contributed by atoms with Crippen molar-refractivity contribution in [1.29, 1.82) is 5.26 Å². The maximum Gasteiger partial charge on any atom is 0.205 e. The molecule has 0 saturated carbocycles. The fourth-order valence-corrected chi connectivity index (χ4v) is 3.28. The van der Waals surface area contributed by atoms with Crippen LogP contribution in [0.5, 0.6) is 5.75 Å². The lowest BCUT2D eigenvalue weighted by atomic mass is 9.82. The highest BCUT2D eigenvalue weighted by atomic mass is 16.5. The molecule has 0 fully saturated rings. The molecule has 1 aliphatic heterocycles. The van der Waals surface area contributed by atoms with Gasteiger partial charge in [0.15, 0.2) is 0 Å². The quantitative estimate of drug-likeness (QED) is 0.787. The van der Waals surface area contributed by atoms with Gasteiger partial charge >= 0.3 is 0 Å². The van der Waals surface area contributed by atoms with E-state index in [4.69, 9.17) is 10.5 Å². The third kappa shape index (κ3) is 2.04. The van der Waals surface area contributed by atoms with Crippen molar-refractivity contribution < 1.29 is 4.74 Å². The van der Waals surface area contributed by atoms with E-state index in [2.05, 4.69) is 17.2 Å². The molecule has 118 valence electrons. The summed E-state index contributed by atoms with van der Waals surface area (Å²) in [6, 6.07) is 14.2. The Balaban J connectivity index is 2.03. The minimum absolute atomic E-state index is 0.162. The van der Waals surface area contributed by atoms with Crippen LogP contribution in [0.15, 0.2) is 60.2 Å². The molecule has 0 saturated heterocycles. The van der Waals surface area contributed by atoms with Crippen LogP contribution in [-0.2, 0) is 6.54 Å². The van der Waals surface area contributed by atoms with Gasteiger partial charge in [0.2, 0.25) is 5.88 Å². The van der Waals surface area contributed by atoms with Crippen molar-refractivity contribution in [3.05, 3.63) is 71.4 Å². The number of nitrogens with zero attached hydrogens (tertiary/aromatic N) is 3. The van der Waals surface area contributed by atoms with Crippen LogP contribution in [0.3, 0.4) is 0 Å². The van der Waals surface area contributed by atoms with Crippen molar-refractivity contribution in [2.45, 2.75) is 19.4 Å². The molecule has 0 radical (unpaired) electrons. The number of allylic oxidation sites excluding steroid dienone is 1. The normalized spacial score (nSPS) is 16.6. The fourth-order valence-electron chi connectivity index (χ4n) is 3.28.